The molecule has 0 amide bonds. The summed E-state index contributed by atoms with van der Waals surface area (Å²) in [6, 6.07) is 7.17. The van der Waals surface area contributed by atoms with Crippen molar-refractivity contribution in [3.63, 3.8) is 0 Å². The molecule has 1 N–H and O–H groups in total. The van der Waals surface area contributed by atoms with Crippen molar-refractivity contribution in [3.05, 3.63) is 53.1 Å². The fourth-order valence-corrected chi connectivity index (χ4v) is 2.21. The minimum atomic E-state index is -0.594. The quantitative estimate of drug-likeness (QED) is 0.638. The second-order valence-electron chi connectivity index (χ2n) is 5.68. The van der Waals surface area contributed by atoms with Crippen LogP contribution in [0.2, 0.25) is 0 Å². The molecular weight excluding hydrogens is 312 g/mol. The van der Waals surface area contributed by atoms with E-state index in [4.69, 9.17) is 4.74 Å². The van der Waals surface area contributed by atoms with Crippen LogP contribution < -0.4 is 10.1 Å². The molecule has 0 saturated heterocycles. The van der Waals surface area contributed by atoms with Crippen molar-refractivity contribution in [2.24, 2.45) is 4.99 Å². The first-order valence-electron chi connectivity index (χ1n) is 7.47. The minimum Gasteiger partial charge on any atom is -0.495 e. The molecule has 0 aliphatic heterocycles. The fourth-order valence-electron chi connectivity index (χ4n) is 2.21. The Morgan fingerprint density at radius 2 is 1.79 bits per heavy atom. The van der Waals surface area contributed by atoms with Crippen molar-refractivity contribution < 1.29 is 13.5 Å². The molecule has 0 aliphatic rings. The summed E-state index contributed by atoms with van der Waals surface area (Å²) < 4.78 is 31.9. The first kappa shape index (κ1) is 17.7. The number of rotatable bonds is 6. The predicted octanol–water partition coefficient (Wildman–Crippen LogP) is 4.12. The summed E-state index contributed by atoms with van der Waals surface area (Å²) in [5.74, 6) is -0.574. The van der Waals surface area contributed by atoms with Crippen LogP contribution in [0.25, 0.3) is 0 Å². The van der Waals surface area contributed by atoms with Crippen molar-refractivity contribution >= 4 is 17.7 Å². The normalized spacial score (nSPS) is 10.9. The highest BCUT2D eigenvalue weighted by atomic mass is 19.1. The molecule has 0 heterocycles. The number of halogens is 2. The summed E-state index contributed by atoms with van der Waals surface area (Å²) >= 11 is 0. The first-order chi connectivity index (χ1) is 11.4. The van der Waals surface area contributed by atoms with Gasteiger partial charge in [0.15, 0.2) is 0 Å². The molecule has 24 heavy (non-hydrogen) atoms. The molecule has 2 rings (SSSR count). The van der Waals surface area contributed by atoms with Gasteiger partial charge in [0.1, 0.15) is 17.4 Å². The Morgan fingerprint density at radius 1 is 1.12 bits per heavy atom. The maximum absolute atomic E-state index is 13.3. The number of aryl methyl sites for hydroxylation is 1. The Hall–Kier alpha value is -2.63. The van der Waals surface area contributed by atoms with Gasteiger partial charge in [-0.1, -0.05) is 0 Å². The third-order valence-corrected chi connectivity index (χ3v) is 3.35. The average molecular weight is 333 g/mol. The topological polar surface area (TPSA) is 36.9 Å². The van der Waals surface area contributed by atoms with Crippen LogP contribution in [0.1, 0.15) is 11.1 Å². The van der Waals surface area contributed by atoms with Crippen molar-refractivity contribution in [1.82, 2.24) is 4.90 Å². The molecule has 0 fully saturated rings. The minimum absolute atomic E-state index is 0.283. The van der Waals surface area contributed by atoms with Crippen molar-refractivity contribution in [3.8, 4) is 5.75 Å². The molecule has 0 atom stereocenters. The summed E-state index contributed by atoms with van der Waals surface area (Å²) in [6.45, 7) is 2.22. The molecule has 6 heteroatoms. The van der Waals surface area contributed by atoms with Gasteiger partial charge < -0.3 is 15.0 Å². The molecule has 4 nitrogen and oxygen atoms in total. The van der Waals surface area contributed by atoms with Crippen LogP contribution in [0.4, 0.5) is 20.2 Å². The van der Waals surface area contributed by atoms with Crippen LogP contribution in [0.15, 0.2) is 35.3 Å². The molecule has 0 bridgehead atoms. The molecule has 0 spiro atoms. The number of anilines is 1. The van der Waals surface area contributed by atoms with Gasteiger partial charge in [0.05, 0.1) is 24.8 Å². The van der Waals surface area contributed by atoms with E-state index in [1.807, 2.05) is 38.1 Å². The van der Waals surface area contributed by atoms with E-state index >= 15 is 0 Å². The van der Waals surface area contributed by atoms with E-state index in [9.17, 15) is 8.78 Å². The molecule has 0 saturated carbocycles. The summed E-state index contributed by atoms with van der Waals surface area (Å²) in [5, 5.41) is 3.15. The Kier molecular flexibility index (Phi) is 5.73. The largest absolute Gasteiger partial charge is 0.495 e. The van der Waals surface area contributed by atoms with E-state index in [2.05, 4.69) is 10.3 Å². The molecule has 2 aromatic carbocycles. The highest BCUT2D eigenvalue weighted by molar-refractivity contribution is 5.69. The lowest BCUT2D eigenvalue weighted by Crippen LogP contribution is -2.07. The number of nitrogens with one attached hydrogen (secondary N) is 1. The van der Waals surface area contributed by atoms with Crippen LogP contribution in [-0.4, -0.2) is 32.4 Å². The molecular formula is C18H21F2N3O. The van der Waals surface area contributed by atoms with E-state index < -0.39 is 11.6 Å². The number of hydrogen-bond donors (Lipinski definition) is 1. The number of nitrogens with zero attached hydrogens (tertiary/aromatic N) is 2. The van der Waals surface area contributed by atoms with Crippen LogP contribution in [-0.2, 0) is 6.54 Å². The lowest BCUT2D eigenvalue weighted by Gasteiger charge is -2.14. The smallest absolute Gasteiger partial charge is 0.144 e. The van der Waals surface area contributed by atoms with Gasteiger partial charge in [0.2, 0.25) is 0 Å². The molecule has 128 valence electrons. The summed E-state index contributed by atoms with van der Waals surface area (Å²) in [4.78, 5) is 6.23. The van der Waals surface area contributed by atoms with Gasteiger partial charge in [-0.3, -0.25) is 0 Å². The van der Waals surface area contributed by atoms with Gasteiger partial charge in [-0.05, 0) is 36.2 Å². The Balaban J connectivity index is 2.22. The Morgan fingerprint density at radius 3 is 2.38 bits per heavy atom. The van der Waals surface area contributed by atoms with Crippen LogP contribution in [0, 0.1) is 18.6 Å². The molecule has 0 aromatic heterocycles. The zero-order chi connectivity index (χ0) is 17.7. The van der Waals surface area contributed by atoms with E-state index in [1.165, 1.54) is 12.1 Å². The third-order valence-electron chi connectivity index (χ3n) is 3.35. The standard InChI is InChI=1S/C18H21F2N3O/c1-12-5-17(18(24-4)9-16(12)22-11-23(2)3)21-10-13-6-14(19)8-15(20)7-13/h5-9,11,21H,10H2,1-4H3. The van der Waals surface area contributed by atoms with Gasteiger partial charge >= 0.3 is 0 Å². The van der Waals surface area contributed by atoms with Gasteiger partial charge in [-0.15, -0.1) is 0 Å². The first-order valence-corrected chi connectivity index (χ1v) is 7.47. The van der Waals surface area contributed by atoms with E-state index in [0.717, 1.165) is 23.0 Å². The number of benzene rings is 2. The van der Waals surface area contributed by atoms with Gasteiger partial charge in [0.25, 0.3) is 0 Å². The summed E-state index contributed by atoms with van der Waals surface area (Å²) in [5.41, 5.74) is 3.01. The van der Waals surface area contributed by atoms with Crippen LogP contribution in [0.3, 0.4) is 0 Å². The second kappa shape index (κ2) is 7.77. The molecule has 0 unspecified atom stereocenters. The molecule has 0 aliphatic carbocycles. The average Bonchev–Trinajstić information content (AvgIpc) is 2.50. The van der Waals surface area contributed by atoms with E-state index in [-0.39, 0.29) is 6.54 Å². The van der Waals surface area contributed by atoms with E-state index in [0.29, 0.717) is 11.3 Å². The molecule has 0 radical (unpaired) electrons. The predicted molar refractivity (Wildman–Crippen MR) is 93.3 cm³/mol. The van der Waals surface area contributed by atoms with Crippen molar-refractivity contribution in [2.45, 2.75) is 13.5 Å². The van der Waals surface area contributed by atoms with Crippen molar-refractivity contribution in [2.75, 3.05) is 26.5 Å². The second-order valence-corrected chi connectivity index (χ2v) is 5.68. The SMILES string of the molecule is COc1cc(N=CN(C)C)c(C)cc1NCc1cc(F)cc(F)c1. The van der Waals surface area contributed by atoms with E-state index in [1.54, 1.807) is 13.4 Å². The van der Waals surface area contributed by atoms with Crippen LogP contribution >= 0.6 is 0 Å². The lowest BCUT2D eigenvalue weighted by molar-refractivity contribution is 0.416. The van der Waals surface area contributed by atoms with Gasteiger partial charge in [0, 0.05) is 32.8 Å². The maximum atomic E-state index is 13.3. The third kappa shape index (κ3) is 4.68. The Bertz CT molecular complexity index is 725. The van der Waals surface area contributed by atoms with Gasteiger partial charge in [-0.25, -0.2) is 13.8 Å². The summed E-state index contributed by atoms with van der Waals surface area (Å²) in [7, 11) is 5.35. The number of methoxy groups -OCH3 is 1. The van der Waals surface area contributed by atoms with Crippen LogP contribution in [0.5, 0.6) is 5.75 Å². The number of aliphatic imine (C=N–C) groups is 1. The number of ether oxygens (including phenoxy) is 1. The van der Waals surface area contributed by atoms with Gasteiger partial charge in [-0.2, -0.15) is 0 Å². The zero-order valence-corrected chi connectivity index (χ0v) is 14.2. The fraction of sp³-hybridized carbons (Fsp3) is 0.278. The highest BCUT2D eigenvalue weighted by Gasteiger charge is 2.08. The molecule has 2 aromatic rings. The maximum Gasteiger partial charge on any atom is 0.144 e. The van der Waals surface area contributed by atoms with Crippen molar-refractivity contribution in [1.29, 1.82) is 0 Å². The number of hydrogen-bond acceptors (Lipinski definition) is 3. The monoisotopic (exact) mass is 333 g/mol. The highest BCUT2D eigenvalue weighted by Crippen LogP contribution is 2.33. The Labute approximate surface area is 140 Å². The summed E-state index contributed by atoms with van der Waals surface area (Å²) in [6.07, 6.45) is 1.71. The lowest BCUT2D eigenvalue weighted by atomic mass is 10.1. The zero-order valence-electron chi connectivity index (χ0n) is 14.2.